The van der Waals surface area contributed by atoms with Crippen molar-refractivity contribution in [1.82, 2.24) is 4.90 Å². The molecule has 1 aromatic rings. The molecule has 1 atom stereocenters. The molecule has 1 unspecified atom stereocenters. The first-order valence-corrected chi connectivity index (χ1v) is 5.93. The van der Waals surface area contributed by atoms with E-state index in [4.69, 9.17) is 4.74 Å². The van der Waals surface area contributed by atoms with Crippen LogP contribution in [0.4, 0.5) is 18.0 Å². The number of rotatable bonds is 2. The van der Waals surface area contributed by atoms with E-state index >= 15 is 0 Å². The zero-order valence-corrected chi connectivity index (χ0v) is 10.6. The highest BCUT2D eigenvalue weighted by Crippen LogP contribution is 2.33. The highest BCUT2D eigenvalue weighted by Gasteiger charge is 2.36. The van der Waals surface area contributed by atoms with E-state index in [2.05, 4.69) is 0 Å². The van der Waals surface area contributed by atoms with Crippen LogP contribution in [-0.2, 0) is 10.9 Å². The van der Waals surface area contributed by atoms with Crippen molar-refractivity contribution in [3.05, 3.63) is 35.4 Å². The molecule has 1 aliphatic rings. The second-order valence-electron chi connectivity index (χ2n) is 4.74. The third kappa shape index (κ3) is 2.83. The summed E-state index contributed by atoms with van der Waals surface area (Å²) in [6.45, 7) is 3.93. The first-order chi connectivity index (χ1) is 8.79. The maximum absolute atomic E-state index is 12.6. The second-order valence-corrected chi connectivity index (χ2v) is 4.74. The lowest BCUT2D eigenvalue weighted by Crippen LogP contribution is -2.31. The Hall–Kier alpha value is -1.72. The van der Waals surface area contributed by atoms with E-state index in [0.717, 1.165) is 12.1 Å². The fourth-order valence-electron chi connectivity index (χ4n) is 1.99. The van der Waals surface area contributed by atoms with E-state index in [-0.39, 0.29) is 12.6 Å². The lowest BCUT2D eigenvalue weighted by Gasteiger charge is -2.17. The third-order valence-corrected chi connectivity index (χ3v) is 3.05. The fraction of sp³-hybridized carbons (Fsp3) is 0.462. The van der Waals surface area contributed by atoms with E-state index in [9.17, 15) is 18.0 Å². The van der Waals surface area contributed by atoms with Gasteiger partial charge < -0.3 is 9.64 Å². The van der Waals surface area contributed by atoms with Crippen molar-refractivity contribution in [1.29, 1.82) is 0 Å². The standard InChI is InChI=1S/C13H14F3NO2/c1-8(2)17-7-11(19-12(17)18)9-4-3-5-10(6-9)13(14,15)16/h3-6,8,11H,7H2,1-2H3. The van der Waals surface area contributed by atoms with E-state index in [1.807, 2.05) is 13.8 Å². The molecule has 0 aliphatic carbocycles. The minimum atomic E-state index is -4.39. The van der Waals surface area contributed by atoms with Gasteiger partial charge in [-0.05, 0) is 31.5 Å². The molecule has 19 heavy (non-hydrogen) atoms. The SMILES string of the molecule is CC(C)N1CC(c2cccc(C(F)(F)F)c2)OC1=O. The van der Waals surface area contributed by atoms with Gasteiger partial charge in [0.2, 0.25) is 0 Å². The van der Waals surface area contributed by atoms with Gasteiger partial charge in [0.1, 0.15) is 6.10 Å². The maximum Gasteiger partial charge on any atom is 0.416 e. The van der Waals surface area contributed by atoms with Crippen molar-refractivity contribution < 1.29 is 22.7 Å². The number of halogens is 3. The average molecular weight is 273 g/mol. The molecule has 1 aliphatic heterocycles. The molecule has 0 saturated carbocycles. The number of hydrogen-bond donors (Lipinski definition) is 0. The lowest BCUT2D eigenvalue weighted by atomic mass is 10.1. The van der Waals surface area contributed by atoms with Crippen molar-refractivity contribution in [2.45, 2.75) is 32.2 Å². The molecule has 1 saturated heterocycles. The number of amides is 1. The summed E-state index contributed by atoms with van der Waals surface area (Å²) >= 11 is 0. The summed E-state index contributed by atoms with van der Waals surface area (Å²) in [7, 11) is 0. The summed E-state index contributed by atoms with van der Waals surface area (Å²) in [4.78, 5) is 13.1. The van der Waals surface area contributed by atoms with Gasteiger partial charge in [0.15, 0.2) is 0 Å². The van der Waals surface area contributed by atoms with Crippen LogP contribution in [0.1, 0.15) is 31.1 Å². The minimum absolute atomic E-state index is 0.0386. The molecule has 0 radical (unpaired) electrons. The van der Waals surface area contributed by atoms with Gasteiger partial charge in [-0.15, -0.1) is 0 Å². The van der Waals surface area contributed by atoms with Gasteiger partial charge in [-0.25, -0.2) is 4.79 Å². The Morgan fingerprint density at radius 1 is 1.37 bits per heavy atom. The van der Waals surface area contributed by atoms with Gasteiger partial charge in [-0.1, -0.05) is 12.1 Å². The molecule has 1 amide bonds. The molecular weight excluding hydrogens is 259 g/mol. The first kappa shape index (κ1) is 13.7. The molecule has 0 bridgehead atoms. The summed E-state index contributed by atoms with van der Waals surface area (Å²) in [6.07, 6.45) is -5.52. The quantitative estimate of drug-likeness (QED) is 0.823. The number of alkyl halides is 3. The van der Waals surface area contributed by atoms with Crippen molar-refractivity contribution in [3.63, 3.8) is 0 Å². The molecule has 1 aromatic carbocycles. The highest BCUT2D eigenvalue weighted by atomic mass is 19.4. The highest BCUT2D eigenvalue weighted by molar-refractivity contribution is 5.70. The van der Waals surface area contributed by atoms with Crippen LogP contribution in [0.2, 0.25) is 0 Å². The Morgan fingerprint density at radius 2 is 2.05 bits per heavy atom. The number of carbonyl (C=O) groups excluding carboxylic acids is 1. The largest absolute Gasteiger partial charge is 0.439 e. The van der Waals surface area contributed by atoms with Gasteiger partial charge in [0.05, 0.1) is 12.1 Å². The summed E-state index contributed by atoms with van der Waals surface area (Å²) in [5.74, 6) is 0. The average Bonchev–Trinajstić information content (AvgIpc) is 2.70. The number of carbonyl (C=O) groups is 1. The van der Waals surface area contributed by atoms with Gasteiger partial charge in [-0.2, -0.15) is 13.2 Å². The first-order valence-electron chi connectivity index (χ1n) is 5.93. The van der Waals surface area contributed by atoms with E-state index in [0.29, 0.717) is 5.56 Å². The topological polar surface area (TPSA) is 29.5 Å². The van der Waals surface area contributed by atoms with Gasteiger partial charge in [0.25, 0.3) is 0 Å². The summed E-state index contributed by atoms with van der Waals surface area (Å²) < 4.78 is 43.0. The molecule has 6 heteroatoms. The number of nitrogens with zero attached hydrogens (tertiary/aromatic N) is 1. The van der Waals surface area contributed by atoms with Crippen LogP contribution in [0.25, 0.3) is 0 Å². The monoisotopic (exact) mass is 273 g/mol. The van der Waals surface area contributed by atoms with Gasteiger partial charge in [-0.3, -0.25) is 0 Å². The number of cyclic esters (lactones) is 1. The van der Waals surface area contributed by atoms with E-state index < -0.39 is 23.9 Å². The Labute approximate surface area is 109 Å². The second kappa shape index (κ2) is 4.75. The zero-order valence-electron chi connectivity index (χ0n) is 10.6. The number of benzene rings is 1. The number of hydrogen-bond acceptors (Lipinski definition) is 2. The van der Waals surface area contributed by atoms with Crippen LogP contribution in [-0.4, -0.2) is 23.6 Å². The molecule has 0 spiro atoms. The van der Waals surface area contributed by atoms with E-state index in [1.165, 1.54) is 17.0 Å². The van der Waals surface area contributed by atoms with Crippen molar-refractivity contribution in [3.8, 4) is 0 Å². The summed E-state index contributed by atoms with van der Waals surface area (Å²) in [5.41, 5.74) is -0.365. The molecule has 3 nitrogen and oxygen atoms in total. The summed E-state index contributed by atoms with van der Waals surface area (Å²) in [5, 5.41) is 0. The van der Waals surface area contributed by atoms with Gasteiger partial charge in [0, 0.05) is 6.04 Å². The maximum atomic E-state index is 12.6. The number of ether oxygens (including phenoxy) is 1. The molecular formula is C13H14F3NO2. The Balaban J connectivity index is 2.22. The molecule has 2 rings (SSSR count). The normalized spacial score (nSPS) is 20.0. The van der Waals surface area contributed by atoms with E-state index in [1.54, 1.807) is 0 Å². The zero-order chi connectivity index (χ0) is 14.2. The van der Waals surface area contributed by atoms with Crippen molar-refractivity contribution >= 4 is 6.09 Å². The molecule has 1 fully saturated rings. The molecule has 0 N–H and O–H groups in total. The Kier molecular flexibility index (Phi) is 3.43. The van der Waals surface area contributed by atoms with Crippen molar-refractivity contribution in [2.75, 3.05) is 6.54 Å². The summed E-state index contributed by atoms with van der Waals surface area (Å²) in [6, 6.07) is 4.85. The third-order valence-electron chi connectivity index (χ3n) is 3.05. The Bertz CT molecular complexity index is 485. The van der Waals surface area contributed by atoms with Gasteiger partial charge >= 0.3 is 12.3 Å². The van der Waals surface area contributed by atoms with Crippen LogP contribution in [0.3, 0.4) is 0 Å². The molecule has 1 heterocycles. The lowest BCUT2D eigenvalue weighted by molar-refractivity contribution is -0.137. The van der Waals surface area contributed by atoms with Crippen molar-refractivity contribution in [2.24, 2.45) is 0 Å². The van der Waals surface area contributed by atoms with Crippen LogP contribution >= 0.6 is 0 Å². The smallest absolute Gasteiger partial charge is 0.416 e. The fourth-order valence-corrected chi connectivity index (χ4v) is 1.99. The Morgan fingerprint density at radius 3 is 2.58 bits per heavy atom. The minimum Gasteiger partial charge on any atom is -0.439 e. The molecule has 104 valence electrons. The van der Waals surface area contributed by atoms with Crippen LogP contribution in [0.5, 0.6) is 0 Å². The molecule has 0 aromatic heterocycles. The predicted molar refractivity (Wildman–Crippen MR) is 62.5 cm³/mol. The predicted octanol–water partition coefficient (Wildman–Crippen LogP) is 3.61. The van der Waals surface area contributed by atoms with Crippen LogP contribution in [0.15, 0.2) is 24.3 Å². The van der Waals surface area contributed by atoms with Crippen LogP contribution in [0, 0.1) is 0 Å². The van der Waals surface area contributed by atoms with Crippen LogP contribution < -0.4 is 0 Å².